The number of carbonyl (C=O) groups excluding carboxylic acids is 1. The SMILES string of the molecule is O=COc1cccc(O)c1.Oc1ccccc1.Oc1ccccc1. The van der Waals surface area contributed by atoms with E-state index in [9.17, 15) is 4.79 Å². The first-order chi connectivity index (χ1) is 11.6. The highest BCUT2D eigenvalue weighted by molar-refractivity contribution is 5.46. The Balaban J connectivity index is 0.000000185. The number of para-hydroxylation sites is 2. The number of rotatable bonds is 2. The van der Waals surface area contributed by atoms with Gasteiger partial charge in [0.15, 0.2) is 0 Å². The molecule has 0 saturated carbocycles. The summed E-state index contributed by atoms with van der Waals surface area (Å²) in [7, 11) is 0. The second-order valence-electron chi connectivity index (χ2n) is 4.38. The standard InChI is InChI=1S/C7H6O3.2C6H6O/c8-5-10-7-3-1-2-6(9)4-7;2*7-6-4-2-1-3-5-6/h1-5,9H;2*1-5,7H. The molecular weight excluding hydrogens is 308 g/mol. The van der Waals surface area contributed by atoms with E-state index >= 15 is 0 Å². The van der Waals surface area contributed by atoms with Crippen molar-refractivity contribution in [3.8, 4) is 23.0 Å². The molecule has 124 valence electrons. The highest BCUT2D eigenvalue weighted by atomic mass is 16.5. The Bertz CT molecular complexity index is 662. The lowest BCUT2D eigenvalue weighted by Crippen LogP contribution is -1.86. The Morgan fingerprint density at radius 1 is 0.625 bits per heavy atom. The third kappa shape index (κ3) is 8.74. The van der Waals surface area contributed by atoms with E-state index in [1.807, 2.05) is 12.1 Å². The minimum Gasteiger partial charge on any atom is -0.508 e. The largest absolute Gasteiger partial charge is 0.508 e. The van der Waals surface area contributed by atoms with Gasteiger partial charge in [0, 0.05) is 6.07 Å². The maximum Gasteiger partial charge on any atom is 0.298 e. The van der Waals surface area contributed by atoms with E-state index in [0.29, 0.717) is 23.7 Å². The first-order valence-corrected chi connectivity index (χ1v) is 6.99. The number of aromatic hydroxyl groups is 3. The molecule has 0 amide bonds. The zero-order valence-electron chi connectivity index (χ0n) is 12.8. The molecule has 0 aromatic heterocycles. The average molecular weight is 326 g/mol. The van der Waals surface area contributed by atoms with Crippen LogP contribution in [0.15, 0.2) is 84.9 Å². The second-order valence-corrected chi connectivity index (χ2v) is 4.38. The summed E-state index contributed by atoms with van der Waals surface area (Å²) in [6.07, 6.45) is 0. The lowest BCUT2D eigenvalue weighted by atomic mass is 10.3. The molecule has 3 N–H and O–H groups in total. The van der Waals surface area contributed by atoms with E-state index in [4.69, 9.17) is 15.3 Å². The van der Waals surface area contributed by atoms with Gasteiger partial charge in [-0.1, -0.05) is 42.5 Å². The Morgan fingerprint density at radius 2 is 1.08 bits per heavy atom. The normalized spacial score (nSPS) is 8.67. The van der Waals surface area contributed by atoms with Gasteiger partial charge in [-0.25, -0.2) is 0 Å². The maximum atomic E-state index is 9.78. The first kappa shape index (κ1) is 18.6. The zero-order chi connectivity index (χ0) is 17.6. The van der Waals surface area contributed by atoms with Crippen LogP contribution in [0, 0.1) is 0 Å². The molecule has 3 rings (SSSR count). The Labute approximate surface area is 140 Å². The number of ether oxygens (including phenoxy) is 1. The van der Waals surface area contributed by atoms with Crippen LogP contribution in [0.5, 0.6) is 23.0 Å². The fourth-order valence-corrected chi connectivity index (χ4v) is 1.47. The topological polar surface area (TPSA) is 87.0 Å². The van der Waals surface area contributed by atoms with Crippen LogP contribution in [-0.2, 0) is 4.79 Å². The molecule has 0 saturated heterocycles. The molecule has 0 spiro atoms. The van der Waals surface area contributed by atoms with Crippen molar-refractivity contribution in [1.82, 2.24) is 0 Å². The van der Waals surface area contributed by atoms with Crippen molar-refractivity contribution >= 4 is 6.47 Å². The number of benzene rings is 3. The Morgan fingerprint density at radius 3 is 1.42 bits per heavy atom. The van der Waals surface area contributed by atoms with Crippen LogP contribution in [-0.4, -0.2) is 21.8 Å². The van der Waals surface area contributed by atoms with E-state index in [-0.39, 0.29) is 5.75 Å². The van der Waals surface area contributed by atoms with Gasteiger partial charge < -0.3 is 20.1 Å². The monoisotopic (exact) mass is 326 g/mol. The number of phenols is 3. The summed E-state index contributed by atoms with van der Waals surface area (Å²) in [6, 6.07) is 23.4. The van der Waals surface area contributed by atoms with E-state index in [1.54, 1.807) is 60.7 Å². The van der Waals surface area contributed by atoms with Gasteiger partial charge in [-0.2, -0.15) is 0 Å². The zero-order valence-corrected chi connectivity index (χ0v) is 12.8. The minimum absolute atomic E-state index is 0.0827. The molecule has 0 fully saturated rings. The molecule has 0 radical (unpaired) electrons. The van der Waals surface area contributed by atoms with Crippen molar-refractivity contribution in [3.05, 3.63) is 84.9 Å². The molecule has 3 aromatic rings. The summed E-state index contributed by atoms with van der Waals surface area (Å²) in [4.78, 5) is 9.78. The van der Waals surface area contributed by atoms with E-state index < -0.39 is 0 Å². The van der Waals surface area contributed by atoms with Crippen LogP contribution < -0.4 is 4.74 Å². The van der Waals surface area contributed by atoms with Gasteiger partial charge in [-0.3, -0.25) is 4.79 Å². The molecule has 3 aromatic carbocycles. The van der Waals surface area contributed by atoms with Gasteiger partial charge in [-0.05, 0) is 36.4 Å². The Kier molecular flexibility index (Phi) is 8.63. The third-order valence-corrected chi connectivity index (χ3v) is 2.51. The molecule has 0 unspecified atom stereocenters. The summed E-state index contributed by atoms with van der Waals surface area (Å²) >= 11 is 0. The van der Waals surface area contributed by atoms with E-state index in [0.717, 1.165) is 0 Å². The molecule has 0 atom stereocenters. The van der Waals surface area contributed by atoms with Crippen LogP contribution in [0.25, 0.3) is 0 Å². The fourth-order valence-electron chi connectivity index (χ4n) is 1.47. The van der Waals surface area contributed by atoms with Crippen LogP contribution in [0.3, 0.4) is 0 Å². The lowest BCUT2D eigenvalue weighted by Gasteiger charge is -1.95. The summed E-state index contributed by atoms with van der Waals surface area (Å²) in [6.45, 7) is 0.314. The molecule has 0 heterocycles. The third-order valence-electron chi connectivity index (χ3n) is 2.51. The quantitative estimate of drug-likeness (QED) is 0.625. The van der Waals surface area contributed by atoms with Gasteiger partial charge in [-0.15, -0.1) is 0 Å². The highest BCUT2D eigenvalue weighted by Gasteiger charge is 1.91. The van der Waals surface area contributed by atoms with E-state index in [2.05, 4.69) is 4.74 Å². The molecule has 0 bridgehead atoms. The summed E-state index contributed by atoms with van der Waals surface area (Å²) in [5, 5.41) is 26.1. The van der Waals surface area contributed by atoms with Crippen molar-refractivity contribution in [2.75, 3.05) is 0 Å². The molecule has 24 heavy (non-hydrogen) atoms. The number of hydrogen-bond donors (Lipinski definition) is 3. The van der Waals surface area contributed by atoms with E-state index in [1.165, 1.54) is 12.1 Å². The molecule has 5 nitrogen and oxygen atoms in total. The van der Waals surface area contributed by atoms with Gasteiger partial charge in [0.2, 0.25) is 0 Å². The number of carbonyl (C=O) groups is 1. The average Bonchev–Trinajstić information content (AvgIpc) is 2.58. The highest BCUT2D eigenvalue weighted by Crippen LogP contribution is 2.16. The molecule has 5 heteroatoms. The Hall–Kier alpha value is -3.47. The molecule has 0 aliphatic carbocycles. The van der Waals surface area contributed by atoms with Gasteiger partial charge in [0.1, 0.15) is 23.0 Å². The van der Waals surface area contributed by atoms with Gasteiger partial charge in [0.25, 0.3) is 6.47 Å². The van der Waals surface area contributed by atoms with Gasteiger partial charge >= 0.3 is 0 Å². The summed E-state index contributed by atoms with van der Waals surface area (Å²) in [5.74, 6) is 1.07. The van der Waals surface area contributed by atoms with Crippen LogP contribution >= 0.6 is 0 Å². The number of hydrogen-bond acceptors (Lipinski definition) is 5. The predicted octanol–water partition coefficient (Wildman–Crippen LogP) is 3.71. The van der Waals surface area contributed by atoms with Gasteiger partial charge in [0.05, 0.1) is 0 Å². The van der Waals surface area contributed by atoms with Crippen LogP contribution in [0.4, 0.5) is 0 Å². The van der Waals surface area contributed by atoms with Crippen LogP contribution in [0.1, 0.15) is 0 Å². The van der Waals surface area contributed by atoms with Crippen molar-refractivity contribution in [2.45, 2.75) is 0 Å². The molecular formula is C19H18O5. The van der Waals surface area contributed by atoms with Crippen LogP contribution in [0.2, 0.25) is 0 Å². The second kappa shape index (κ2) is 11.1. The van der Waals surface area contributed by atoms with Crippen molar-refractivity contribution in [2.24, 2.45) is 0 Å². The summed E-state index contributed by atoms with van der Waals surface area (Å²) in [5.41, 5.74) is 0. The smallest absolute Gasteiger partial charge is 0.298 e. The fraction of sp³-hybridized carbons (Fsp3) is 0. The lowest BCUT2D eigenvalue weighted by molar-refractivity contribution is -0.120. The first-order valence-electron chi connectivity index (χ1n) is 6.99. The van der Waals surface area contributed by atoms with Crippen molar-refractivity contribution in [1.29, 1.82) is 0 Å². The van der Waals surface area contributed by atoms with Crippen molar-refractivity contribution in [3.63, 3.8) is 0 Å². The number of phenolic OH excluding ortho intramolecular Hbond substituents is 3. The molecule has 0 aliphatic rings. The van der Waals surface area contributed by atoms with Crippen molar-refractivity contribution < 1.29 is 24.9 Å². The maximum absolute atomic E-state index is 9.78. The molecule has 0 aliphatic heterocycles. The predicted molar refractivity (Wildman–Crippen MR) is 91.0 cm³/mol. The summed E-state index contributed by atoms with van der Waals surface area (Å²) < 4.78 is 4.45. The minimum atomic E-state index is 0.0827.